The van der Waals surface area contributed by atoms with E-state index in [2.05, 4.69) is 10.1 Å². The molecule has 94 valence electrons. The molecular formula is C15H13N3O. The van der Waals surface area contributed by atoms with Crippen molar-refractivity contribution in [2.24, 2.45) is 7.05 Å². The Hall–Kier alpha value is -2.62. The van der Waals surface area contributed by atoms with E-state index >= 15 is 0 Å². The van der Waals surface area contributed by atoms with Gasteiger partial charge in [-0.15, -0.1) is 0 Å². The molecule has 4 heteroatoms. The van der Waals surface area contributed by atoms with Crippen molar-refractivity contribution in [3.8, 4) is 22.9 Å². The van der Waals surface area contributed by atoms with E-state index in [1.807, 2.05) is 61.6 Å². The lowest BCUT2D eigenvalue weighted by molar-refractivity contribution is 0.483. The molecule has 3 aromatic rings. The van der Waals surface area contributed by atoms with Crippen LogP contribution in [0.3, 0.4) is 0 Å². The molecule has 0 bridgehead atoms. The van der Waals surface area contributed by atoms with Gasteiger partial charge in [0.1, 0.15) is 17.8 Å². The molecule has 19 heavy (non-hydrogen) atoms. The third-order valence-corrected chi connectivity index (χ3v) is 2.80. The molecule has 2 aromatic carbocycles. The molecule has 1 heterocycles. The summed E-state index contributed by atoms with van der Waals surface area (Å²) in [6.45, 7) is 0. The summed E-state index contributed by atoms with van der Waals surface area (Å²) >= 11 is 0. The summed E-state index contributed by atoms with van der Waals surface area (Å²) < 4.78 is 7.48. The molecule has 0 radical (unpaired) electrons. The van der Waals surface area contributed by atoms with Crippen LogP contribution in [0.4, 0.5) is 0 Å². The van der Waals surface area contributed by atoms with Gasteiger partial charge in [0.05, 0.1) is 0 Å². The summed E-state index contributed by atoms with van der Waals surface area (Å²) in [5, 5.41) is 4.06. The number of hydrogen-bond donors (Lipinski definition) is 0. The molecule has 0 amide bonds. The van der Waals surface area contributed by atoms with Gasteiger partial charge in [0.15, 0.2) is 5.82 Å². The maximum absolute atomic E-state index is 5.74. The Morgan fingerprint density at radius 1 is 0.895 bits per heavy atom. The van der Waals surface area contributed by atoms with E-state index in [1.165, 1.54) is 0 Å². The summed E-state index contributed by atoms with van der Waals surface area (Å²) in [7, 11) is 1.87. The summed E-state index contributed by atoms with van der Waals surface area (Å²) in [5.74, 6) is 2.47. The Bertz CT molecular complexity index is 659. The number of benzene rings is 2. The molecular weight excluding hydrogens is 238 g/mol. The molecule has 1 aromatic heterocycles. The number of nitrogens with zero attached hydrogens (tertiary/aromatic N) is 3. The SMILES string of the molecule is Cn1ncnc1-c1ccc(Oc2ccccc2)cc1. The van der Waals surface area contributed by atoms with Gasteiger partial charge in [-0.2, -0.15) is 5.10 Å². The first-order valence-electron chi connectivity index (χ1n) is 6.00. The van der Waals surface area contributed by atoms with Gasteiger partial charge in [-0.05, 0) is 36.4 Å². The van der Waals surface area contributed by atoms with Gasteiger partial charge in [-0.1, -0.05) is 18.2 Å². The van der Waals surface area contributed by atoms with Crippen molar-refractivity contribution in [3.05, 3.63) is 60.9 Å². The number of rotatable bonds is 3. The molecule has 0 aliphatic heterocycles. The van der Waals surface area contributed by atoms with Crippen LogP contribution < -0.4 is 4.74 Å². The molecule has 0 unspecified atom stereocenters. The van der Waals surface area contributed by atoms with Gasteiger partial charge in [-0.3, -0.25) is 0 Å². The summed E-state index contributed by atoms with van der Waals surface area (Å²) in [5.41, 5.74) is 1.01. The van der Waals surface area contributed by atoms with Gasteiger partial charge in [0, 0.05) is 12.6 Å². The largest absolute Gasteiger partial charge is 0.457 e. The minimum absolute atomic E-state index is 0.803. The van der Waals surface area contributed by atoms with Crippen LogP contribution in [0.2, 0.25) is 0 Å². The number of aromatic nitrogens is 3. The minimum Gasteiger partial charge on any atom is -0.457 e. The van der Waals surface area contributed by atoms with Crippen molar-refractivity contribution in [2.45, 2.75) is 0 Å². The van der Waals surface area contributed by atoms with Crippen LogP contribution in [0.25, 0.3) is 11.4 Å². The number of ether oxygens (including phenoxy) is 1. The lowest BCUT2D eigenvalue weighted by atomic mass is 10.2. The Labute approximate surface area is 111 Å². The number of para-hydroxylation sites is 1. The van der Waals surface area contributed by atoms with E-state index in [0.29, 0.717) is 0 Å². The molecule has 4 nitrogen and oxygen atoms in total. The third-order valence-electron chi connectivity index (χ3n) is 2.80. The van der Waals surface area contributed by atoms with Crippen molar-refractivity contribution in [2.75, 3.05) is 0 Å². The molecule has 3 rings (SSSR count). The predicted octanol–water partition coefficient (Wildman–Crippen LogP) is 3.27. The van der Waals surface area contributed by atoms with E-state index in [4.69, 9.17) is 4.74 Å². The van der Waals surface area contributed by atoms with Crippen LogP contribution in [0.5, 0.6) is 11.5 Å². The molecule has 0 N–H and O–H groups in total. The van der Waals surface area contributed by atoms with Gasteiger partial charge in [0.2, 0.25) is 0 Å². The number of hydrogen-bond acceptors (Lipinski definition) is 3. The number of aryl methyl sites for hydroxylation is 1. The van der Waals surface area contributed by atoms with Crippen LogP contribution in [0.1, 0.15) is 0 Å². The van der Waals surface area contributed by atoms with Gasteiger partial charge in [0.25, 0.3) is 0 Å². The average molecular weight is 251 g/mol. The summed E-state index contributed by atoms with van der Waals surface area (Å²) in [6.07, 6.45) is 1.55. The highest BCUT2D eigenvalue weighted by atomic mass is 16.5. The quantitative estimate of drug-likeness (QED) is 0.717. The average Bonchev–Trinajstić information content (AvgIpc) is 2.87. The zero-order valence-corrected chi connectivity index (χ0v) is 10.5. The van der Waals surface area contributed by atoms with E-state index in [9.17, 15) is 0 Å². The van der Waals surface area contributed by atoms with Crippen molar-refractivity contribution in [1.82, 2.24) is 14.8 Å². The fraction of sp³-hybridized carbons (Fsp3) is 0.0667. The lowest BCUT2D eigenvalue weighted by Gasteiger charge is -2.06. The summed E-state index contributed by atoms with van der Waals surface area (Å²) in [4.78, 5) is 4.21. The standard InChI is InChI=1S/C15H13N3O/c1-18-15(16-11-17-18)12-7-9-14(10-8-12)19-13-5-3-2-4-6-13/h2-11H,1H3. The third kappa shape index (κ3) is 2.47. The van der Waals surface area contributed by atoms with Crippen molar-refractivity contribution < 1.29 is 4.74 Å². The topological polar surface area (TPSA) is 39.9 Å². The molecule has 0 aliphatic carbocycles. The molecule has 0 fully saturated rings. The van der Waals surface area contributed by atoms with E-state index in [-0.39, 0.29) is 0 Å². The molecule has 0 spiro atoms. The van der Waals surface area contributed by atoms with Crippen LogP contribution in [-0.2, 0) is 7.05 Å². The zero-order valence-electron chi connectivity index (χ0n) is 10.5. The van der Waals surface area contributed by atoms with E-state index < -0.39 is 0 Å². The Morgan fingerprint density at radius 2 is 1.58 bits per heavy atom. The van der Waals surface area contributed by atoms with E-state index in [1.54, 1.807) is 11.0 Å². The fourth-order valence-electron chi connectivity index (χ4n) is 1.85. The first-order chi connectivity index (χ1) is 9.33. The monoisotopic (exact) mass is 251 g/mol. The highest BCUT2D eigenvalue weighted by molar-refractivity contribution is 5.56. The maximum Gasteiger partial charge on any atom is 0.157 e. The second kappa shape index (κ2) is 4.94. The van der Waals surface area contributed by atoms with Crippen LogP contribution in [0.15, 0.2) is 60.9 Å². The highest BCUT2D eigenvalue weighted by Gasteiger charge is 2.04. The second-order valence-electron chi connectivity index (χ2n) is 4.15. The molecule has 0 aliphatic rings. The van der Waals surface area contributed by atoms with Gasteiger partial charge in [-0.25, -0.2) is 9.67 Å². The Morgan fingerprint density at radius 3 is 2.21 bits per heavy atom. The Kier molecular flexibility index (Phi) is 2.98. The Balaban J connectivity index is 1.82. The van der Waals surface area contributed by atoms with Crippen molar-refractivity contribution in [3.63, 3.8) is 0 Å². The maximum atomic E-state index is 5.74. The smallest absolute Gasteiger partial charge is 0.157 e. The fourth-order valence-corrected chi connectivity index (χ4v) is 1.85. The van der Waals surface area contributed by atoms with Crippen molar-refractivity contribution in [1.29, 1.82) is 0 Å². The summed E-state index contributed by atoms with van der Waals surface area (Å²) in [6, 6.07) is 17.5. The normalized spacial score (nSPS) is 10.4. The van der Waals surface area contributed by atoms with Crippen LogP contribution >= 0.6 is 0 Å². The van der Waals surface area contributed by atoms with E-state index in [0.717, 1.165) is 22.9 Å². The molecule has 0 atom stereocenters. The minimum atomic E-state index is 0.803. The van der Waals surface area contributed by atoms with Crippen LogP contribution in [-0.4, -0.2) is 14.8 Å². The second-order valence-corrected chi connectivity index (χ2v) is 4.15. The molecule has 0 saturated heterocycles. The van der Waals surface area contributed by atoms with Crippen molar-refractivity contribution >= 4 is 0 Å². The molecule has 0 saturated carbocycles. The first kappa shape index (κ1) is 11.5. The predicted molar refractivity (Wildman–Crippen MR) is 73.0 cm³/mol. The van der Waals surface area contributed by atoms with Crippen LogP contribution in [0, 0.1) is 0 Å². The highest BCUT2D eigenvalue weighted by Crippen LogP contribution is 2.24. The zero-order chi connectivity index (χ0) is 13.1. The first-order valence-corrected chi connectivity index (χ1v) is 6.00. The van der Waals surface area contributed by atoms with Gasteiger partial charge < -0.3 is 4.74 Å². The lowest BCUT2D eigenvalue weighted by Crippen LogP contribution is -1.94. The van der Waals surface area contributed by atoms with Gasteiger partial charge >= 0.3 is 0 Å².